The van der Waals surface area contributed by atoms with Crippen molar-refractivity contribution >= 4 is 11.6 Å². The molecule has 0 amide bonds. The highest BCUT2D eigenvalue weighted by Gasteiger charge is 2.33. The van der Waals surface area contributed by atoms with E-state index in [-0.39, 0.29) is 16.6 Å². The second kappa shape index (κ2) is 6.59. The predicted octanol–water partition coefficient (Wildman–Crippen LogP) is 7.07. The summed E-state index contributed by atoms with van der Waals surface area (Å²) >= 11 is 6.25. The molecule has 1 aliphatic rings. The summed E-state index contributed by atoms with van der Waals surface area (Å²) in [5, 5.41) is 0.559. The number of allylic oxidation sites excluding steroid dienone is 2. The van der Waals surface area contributed by atoms with Gasteiger partial charge in [0.2, 0.25) is 0 Å². The Labute approximate surface area is 146 Å². The molecular weight excluding hydrogens is 307 g/mol. The fraction of sp³-hybridized carbons (Fsp3) is 0.619. The van der Waals surface area contributed by atoms with Gasteiger partial charge < -0.3 is 0 Å². The van der Waals surface area contributed by atoms with Crippen molar-refractivity contribution in [2.45, 2.75) is 60.8 Å². The third-order valence-corrected chi connectivity index (χ3v) is 5.45. The van der Waals surface area contributed by atoms with Crippen LogP contribution in [0.3, 0.4) is 0 Å². The van der Waals surface area contributed by atoms with Gasteiger partial charge in [-0.25, -0.2) is 4.39 Å². The van der Waals surface area contributed by atoms with E-state index in [0.717, 1.165) is 18.4 Å². The molecule has 0 aromatic heterocycles. The van der Waals surface area contributed by atoms with Gasteiger partial charge in [-0.05, 0) is 59.6 Å². The molecule has 0 N–H and O–H groups in total. The second-order valence-electron chi connectivity index (χ2n) is 9.16. The molecule has 0 nitrogen and oxygen atoms in total. The molecule has 0 bridgehead atoms. The van der Waals surface area contributed by atoms with E-state index >= 15 is 0 Å². The molecule has 1 aliphatic carbocycles. The van der Waals surface area contributed by atoms with Crippen molar-refractivity contribution in [3.05, 3.63) is 46.3 Å². The Hall–Kier alpha value is -0.820. The van der Waals surface area contributed by atoms with Crippen LogP contribution in [0.25, 0.3) is 0 Å². The van der Waals surface area contributed by atoms with Crippen LogP contribution in [0.4, 0.5) is 4.39 Å². The molecule has 0 spiro atoms. The van der Waals surface area contributed by atoms with E-state index < -0.39 is 0 Å². The number of hydrogen-bond acceptors (Lipinski definition) is 0. The molecule has 0 aliphatic heterocycles. The van der Waals surface area contributed by atoms with Crippen molar-refractivity contribution in [1.82, 2.24) is 0 Å². The van der Waals surface area contributed by atoms with E-state index in [2.05, 4.69) is 47.6 Å². The lowest BCUT2D eigenvalue weighted by atomic mass is 9.65. The Kier molecular flexibility index (Phi) is 5.31. The van der Waals surface area contributed by atoms with Gasteiger partial charge in [0, 0.05) is 5.02 Å². The molecular formula is C21H30ClF. The van der Waals surface area contributed by atoms with Crippen molar-refractivity contribution in [1.29, 1.82) is 0 Å². The highest BCUT2D eigenvalue weighted by Crippen LogP contribution is 2.45. The van der Waals surface area contributed by atoms with Crippen molar-refractivity contribution in [3.8, 4) is 0 Å². The largest absolute Gasteiger partial charge is 0.207 e. The quantitative estimate of drug-likeness (QED) is 0.507. The van der Waals surface area contributed by atoms with Crippen LogP contribution in [-0.4, -0.2) is 0 Å². The molecule has 0 heterocycles. The molecule has 0 fully saturated rings. The van der Waals surface area contributed by atoms with Gasteiger partial charge >= 0.3 is 0 Å². The third-order valence-electron chi connectivity index (χ3n) is 5.10. The third kappa shape index (κ3) is 4.83. The summed E-state index contributed by atoms with van der Waals surface area (Å²) in [5.41, 5.74) is 3.09. The summed E-state index contributed by atoms with van der Waals surface area (Å²) in [7, 11) is 0. The van der Waals surface area contributed by atoms with Gasteiger partial charge in [0.1, 0.15) is 5.82 Å². The van der Waals surface area contributed by atoms with Crippen molar-refractivity contribution in [2.75, 3.05) is 0 Å². The van der Waals surface area contributed by atoms with Gasteiger partial charge in [0.15, 0.2) is 0 Å². The lowest BCUT2D eigenvalue weighted by Gasteiger charge is -2.40. The Balaban J connectivity index is 2.25. The Morgan fingerprint density at radius 3 is 2.30 bits per heavy atom. The van der Waals surface area contributed by atoms with E-state index in [4.69, 9.17) is 11.6 Å². The van der Waals surface area contributed by atoms with Gasteiger partial charge in [0.25, 0.3) is 0 Å². The normalized spacial score (nSPS) is 22.9. The Morgan fingerprint density at radius 2 is 1.78 bits per heavy atom. The zero-order valence-corrected chi connectivity index (χ0v) is 16.1. The van der Waals surface area contributed by atoms with E-state index in [1.165, 1.54) is 18.6 Å². The molecule has 0 radical (unpaired) electrons. The number of halogens is 2. The van der Waals surface area contributed by atoms with Crippen LogP contribution in [0.5, 0.6) is 0 Å². The van der Waals surface area contributed by atoms with Gasteiger partial charge in [-0.2, -0.15) is 0 Å². The average molecular weight is 337 g/mol. The maximum atomic E-state index is 13.3. The summed E-state index contributed by atoms with van der Waals surface area (Å²) in [5.74, 6) is 0.890. The van der Waals surface area contributed by atoms with Crippen molar-refractivity contribution in [2.24, 2.45) is 22.7 Å². The van der Waals surface area contributed by atoms with Gasteiger partial charge in [0.05, 0.1) is 0 Å². The molecule has 1 aromatic rings. The van der Waals surface area contributed by atoms with Gasteiger partial charge in [-0.15, -0.1) is 0 Å². The molecule has 2 heteroatoms. The van der Waals surface area contributed by atoms with Crippen LogP contribution < -0.4 is 0 Å². The zero-order chi connectivity index (χ0) is 17.4. The van der Waals surface area contributed by atoms with Crippen LogP contribution in [0, 0.1) is 28.5 Å². The van der Waals surface area contributed by atoms with Crippen molar-refractivity contribution in [3.63, 3.8) is 0 Å². The number of benzene rings is 1. The monoisotopic (exact) mass is 336 g/mol. The first-order chi connectivity index (χ1) is 10.5. The number of hydrogen-bond donors (Lipinski definition) is 0. The van der Waals surface area contributed by atoms with Gasteiger partial charge in [-0.1, -0.05) is 70.9 Å². The second-order valence-corrected chi connectivity index (χ2v) is 9.57. The summed E-state index contributed by atoms with van der Waals surface area (Å²) in [6.07, 6.45) is 5.74. The SMILES string of the molecule is CC(C)(C)C1=CC(C(C)(C)C)CC(Cc2ccc(F)cc2Cl)C1. The van der Waals surface area contributed by atoms with E-state index in [1.807, 2.05) is 6.07 Å². The average Bonchev–Trinajstić information content (AvgIpc) is 2.40. The first kappa shape index (κ1) is 18.5. The smallest absolute Gasteiger partial charge is 0.124 e. The Bertz CT molecular complexity index is 587. The summed E-state index contributed by atoms with van der Waals surface area (Å²) < 4.78 is 13.3. The lowest BCUT2D eigenvalue weighted by Crippen LogP contribution is -2.29. The summed E-state index contributed by atoms with van der Waals surface area (Å²) in [6, 6.07) is 4.80. The standard InChI is InChI=1S/C21H30ClF/c1-20(2,3)16-10-14(11-17(12-16)21(4,5)6)9-15-7-8-18(23)13-19(15)22/h7-8,12-14,16H,9-11H2,1-6H3. The first-order valence-electron chi connectivity index (χ1n) is 8.62. The lowest BCUT2D eigenvalue weighted by molar-refractivity contribution is 0.216. The minimum absolute atomic E-state index is 0.203. The highest BCUT2D eigenvalue weighted by molar-refractivity contribution is 6.31. The first-order valence-corrected chi connectivity index (χ1v) is 8.99. The molecule has 1 aromatic carbocycles. The molecule has 0 saturated heterocycles. The fourth-order valence-electron chi connectivity index (χ4n) is 3.45. The highest BCUT2D eigenvalue weighted by atomic mass is 35.5. The molecule has 23 heavy (non-hydrogen) atoms. The van der Waals surface area contributed by atoms with Crippen molar-refractivity contribution < 1.29 is 4.39 Å². The predicted molar refractivity (Wildman–Crippen MR) is 98.3 cm³/mol. The van der Waals surface area contributed by atoms with E-state index in [0.29, 0.717) is 16.9 Å². The van der Waals surface area contributed by atoms with Crippen LogP contribution in [0.2, 0.25) is 5.02 Å². The zero-order valence-electron chi connectivity index (χ0n) is 15.3. The minimum Gasteiger partial charge on any atom is -0.207 e. The molecule has 2 unspecified atom stereocenters. The number of rotatable bonds is 2. The van der Waals surface area contributed by atoms with Crippen LogP contribution in [-0.2, 0) is 6.42 Å². The molecule has 2 rings (SSSR count). The maximum absolute atomic E-state index is 13.3. The minimum atomic E-state index is -0.259. The molecule has 2 atom stereocenters. The van der Waals surface area contributed by atoms with Gasteiger partial charge in [-0.3, -0.25) is 0 Å². The molecule has 128 valence electrons. The summed E-state index contributed by atoms with van der Waals surface area (Å²) in [4.78, 5) is 0. The van der Waals surface area contributed by atoms with Crippen LogP contribution >= 0.6 is 11.6 Å². The fourth-order valence-corrected chi connectivity index (χ4v) is 3.69. The Morgan fingerprint density at radius 1 is 1.13 bits per heavy atom. The molecule has 0 saturated carbocycles. The van der Waals surface area contributed by atoms with E-state index in [9.17, 15) is 4.39 Å². The van der Waals surface area contributed by atoms with Crippen LogP contribution in [0.1, 0.15) is 59.9 Å². The van der Waals surface area contributed by atoms with E-state index in [1.54, 1.807) is 5.57 Å². The maximum Gasteiger partial charge on any atom is 0.124 e. The topological polar surface area (TPSA) is 0 Å². The van der Waals surface area contributed by atoms with Crippen LogP contribution in [0.15, 0.2) is 29.8 Å². The summed E-state index contributed by atoms with van der Waals surface area (Å²) in [6.45, 7) is 13.9.